The van der Waals surface area contributed by atoms with Crippen molar-refractivity contribution in [1.82, 2.24) is 4.98 Å². The fourth-order valence-electron chi connectivity index (χ4n) is 2.39. The molecule has 3 rings (SSSR count). The lowest BCUT2D eigenvalue weighted by Gasteiger charge is -2.02. The van der Waals surface area contributed by atoms with Gasteiger partial charge < -0.3 is 10.1 Å². The van der Waals surface area contributed by atoms with E-state index in [9.17, 15) is 9.59 Å². The SMILES string of the molecule is CCOC(=O)Nc1nc(-c2ccccc2)c(NC(=O)/C=C\c2ccccc2)s1. The second-order valence-electron chi connectivity index (χ2n) is 5.64. The van der Waals surface area contributed by atoms with Crippen molar-refractivity contribution in [2.45, 2.75) is 6.92 Å². The van der Waals surface area contributed by atoms with Gasteiger partial charge in [-0.1, -0.05) is 72.0 Å². The summed E-state index contributed by atoms with van der Waals surface area (Å²) in [4.78, 5) is 28.5. The van der Waals surface area contributed by atoms with E-state index in [1.165, 1.54) is 17.4 Å². The molecule has 0 aliphatic rings. The van der Waals surface area contributed by atoms with Crippen LogP contribution in [0.25, 0.3) is 17.3 Å². The maximum absolute atomic E-state index is 12.4. The number of hydrogen-bond donors (Lipinski definition) is 2. The van der Waals surface area contributed by atoms with E-state index in [-0.39, 0.29) is 12.5 Å². The van der Waals surface area contributed by atoms with Crippen molar-refractivity contribution >= 4 is 39.5 Å². The number of anilines is 2. The molecule has 0 saturated carbocycles. The number of ether oxygens (including phenoxy) is 1. The zero-order valence-electron chi connectivity index (χ0n) is 15.2. The lowest BCUT2D eigenvalue weighted by Crippen LogP contribution is -2.12. The molecule has 0 saturated heterocycles. The number of carbonyl (C=O) groups excluding carboxylic acids is 2. The zero-order chi connectivity index (χ0) is 19.8. The summed E-state index contributed by atoms with van der Waals surface area (Å²) in [7, 11) is 0. The van der Waals surface area contributed by atoms with Crippen molar-refractivity contribution in [3.63, 3.8) is 0 Å². The normalized spacial score (nSPS) is 10.6. The van der Waals surface area contributed by atoms with E-state index >= 15 is 0 Å². The highest BCUT2D eigenvalue weighted by molar-refractivity contribution is 7.20. The maximum Gasteiger partial charge on any atom is 0.413 e. The molecule has 1 heterocycles. The monoisotopic (exact) mass is 393 g/mol. The van der Waals surface area contributed by atoms with Gasteiger partial charge in [0, 0.05) is 11.6 Å². The average molecular weight is 393 g/mol. The van der Waals surface area contributed by atoms with Crippen LogP contribution in [-0.4, -0.2) is 23.6 Å². The van der Waals surface area contributed by atoms with Crippen molar-refractivity contribution in [1.29, 1.82) is 0 Å². The molecule has 0 bridgehead atoms. The van der Waals surface area contributed by atoms with E-state index in [0.29, 0.717) is 15.8 Å². The molecule has 0 fully saturated rings. The van der Waals surface area contributed by atoms with E-state index in [2.05, 4.69) is 15.6 Å². The standard InChI is InChI=1S/C21H19N3O3S/c1-2-27-21(26)24-20-23-18(16-11-7-4-8-12-16)19(28-20)22-17(25)14-13-15-9-5-3-6-10-15/h3-14H,2H2,1H3,(H,22,25)(H,23,24,26)/b14-13-. The smallest absolute Gasteiger partial charge is 0.413 e. The van der Waals surface area contributed by atoms with E-state index in [0.717, 1.165) is 11.1 Å². The van der Waals surface area contributed by atoms with Gasteiger partial charge in [0.2, 0.25) is 5.91 Å². The second kappa shape index (κ2) is 9.48. The molecular formula is C21H19N3O3S. The number of thiazole rings is 1. The number of aromatic nitrogens is 1. The summed E-state index contributed by atoms with van der Waals surface area (Å²) in [6.07, 6.45) is 2.61. The van der Waals surface area contributed by atoms with Crippen molar-refractivity contribution < 1.29 is 14.3 Å². The van der Waals surface area contributed by atoms with Gasteiger partial charge in [0.05, 0.1) is 6.61 Å². The van der Waals surface area contributed by atoms with Gasteiger partial charge in [-0.2, -0.15) is 0 Å². The van der Waals surface area contributed by atoms with E-state index in [1.807, 2.05) is 60.7 Å². The number of carbonyl (C=O) groups is 2. The van der Waals surface area contributed by atoms with Crippen LogP contribution < -0.4 is 10.6 Å². The Kier molecular flexibility index (Phi) is 6.54. The van der Waals surface area contributed by atoms with Crippen LogP contribution in [0, 0.1) is 0 Å². The minimum Gasteiger partial charge on any atom is -0.450 e. The molecule has 28 heavy (non-hydrogen) atoms. The molecule has 0 atom stereocenters. The Morgan fingerprint density at radius 3 is 2.39 bits per heavy atom. The number of rotatable bonds is 6. The van der Waals surface area contributed by atoms with Crippen molar-refractivity contribution in [2.75, 3.05) is 17.2 Å². The van der Waals surface area contributed by atoms with Crippen LogP contribution >= 0.6 is 11.3 Å². The Labute approximate surface area is 166 Å². The lowest BCUT2D eigenvalue weighted by atomic mass is 10.1. The molecule has 2 amide bonds. The van der Waals surface area contributed by atoms with Gasteiger partial charge >= 0.3 is 6.09 Å². The van der Waals surface area contributed by atoms with Crippen LogP contribution in [-0.2, 0) is 9.53 Å². The highest BCUT2D eigenvalue weighted by atomic mass is 32.1. The number of nitrogens with zero attached hydrogens (tertiary/aromatic N) is 1. The third-order valence-corrected chi connectivity index (χ3v) is 4.51. The van der Waals surface area contributed by atoms with Crippen LogP contribution in [0.3, 0.4) is 0 Å². The molecular weight excluding hydrogens is 374 g/mol. The Bertz CT molecular complexity index is 969. The van der Waals surface area contributed by atoms with Gasteiger partial charge in [-0.15, -0.1) is 0 Å². The van der Waals surface area contributed by atoms with Crippen LogP contribution in [0.15, 0.2) is 66.7 Å². The lowest BCUT2D eigenvalue weighted by molar-refractivity contribution is -0.111. The predicted octanol–water partition coefficient (Wildman–Crippen LogP) is 5.03. The fourth-order valence-corrected chi connectivity index (χ4v) is 3.27. The van der Waals surface area contributed by atoms with Crippen LogP contribution in [0.1, 0.15) is 12.5 Å². The number of nitrogens with one attached hydrogen (secondary N) is 2. The Balaban J connectivity index is 1.81. The predicted molar refractivity (Wildman–Crippen MR) is 112 cm³/mol. The number of benzene rings is 2. The van der Waals surface area contributed by atoms with Gasteiger partial charge in [-0.3, -0.25) is 10.1 Å². The van der Waals surface area contributed by atoms with E-state index in [4.69, 9.17) is 4.74 Å². The molecule has 0 aliphatic carbocycles. The summed E-state index contributed by atoms with van der Waals surface area (Å²) in [5.41, 5.74) is 2.34. The molecule has 2 aromatic carbocycles. The number of amides is 2. The summed E-state index contributed by atoms with van der Waals surface area (Å²) in [6, 6.07) is 19.0. The largest absolute Gasteiger partial charge is 0.450 e. The first-order valence-corrected chi connectivity index (χ1v) is 9.51. The van der Waals surface area contributed by atoms with Gasteiger partial charge in [0.15, 0.2) is 5.13 Å². The van der Waals surface area contributed by atoms with Crippen LogP contribution in [0.5, 0.6) is 0 Å². The summed E-state index contributed by atoms with van der Waals surface area (Å²) in [6.45, 7) is 1.98. The molecule has 1 aromatic heterocycles. The molecule has 0 unspecified atom stereocenters. The Morgan fingerprint density at radius 2 is 1.71 bits per heavy atom. The van der Waals surface area contributed by atoms with Gasteiger partial charge in [-0.25, -0.2) is 9.78 Å². The second-order valence-corrected chi connectivity index (χ2v) is 6.64. The summed E-state index contributed by atoms with van der Waals surface area (Å²) in [5.74, 6) is -0.285. The van der Waals surface area contributed by atoms with E-state index in [1.54, 1.807) is 13.0 Å². The van der Waals surface area contributed by atoms with Crippen molar-refractivity contribution in [3.8, 4) is 11.3 Å². The molecule has 7 heteroatoms. The van der Waals surface area contributed by atoms with Crippen LogP contribution in [0.4, 0.5) is 14.9 Å². The van der Waals surface area contributed by atoms with Crippen molar-refractivity contribution in [2.24, 2.45) is 0 Å². The third-order valence-electron chi connectivity index (χ3n) is 3.62. The molecule has 3 aromatic rings. The number of hydrogen-bond acceptors (Lipinski definition) is 5. The Morgan fingerprint density at radius 1 is 1.04 bits per heavy atom. The maximum atomic E-state index is 12.4. The molecule has 142 valence electrons. The summed E-state index contributed by atoms with van der Waals surface area (Å²) >= 11 is 1.17. The van der Waals surface area contributed by atoms with Crippen molar-refractivity contribution in [3.05, 3.63) is 72.3 Å². The topological polar surface area (TPSA) is 80.3 Å². The molecule has 0 spiro atoms. The highest BCUT2D eigenvalue weighted by Crippen LogP contribution is 2.36. The van der Waals surface area contributed by atoms with Crippen LogP contribution in [0.2, 0.25) is 0 Å². The van der Waals surface area contributed by atoms with Gasteiger partial charge in [0.1, 0.15) is 10.7 Å². The Hall–Kier alpha value is -3.45. The van der Waals surface area contributed by atoms with Gasteiger partial charge in [0.25, 0.3) is 0 Å². The fraction of sp³-hybridized carbons (Fsp3) is 0.0952. The van der Waals surface area contributed by atoms with E-state index < -0.39 is 6.09 Å². The zero-order valence-corrected chi connectivity index (χ0v) is 16.0. The summed E-state index contributed by atoms with van der Waals surface area (Å²) in [5, 5.41) is 6.31. The highest BCUT2D eigenvalue weighted by Gasteiger charge is 2.16. The summed E-state index contributed by atoms with van der Waals surface area (Å²) < 4.78 is 4.89. The van der Waals surface area contributed by atoms with Gasteiger partial charge in [-0.05, 0) is 18.6 Å². The minimum atomic E-state index is -0.585. The average Bonchev–Trinajstić information content (AvgIpc) is 3.10. The first-order valence-electron chi connectivity index (χ1n) is 8.70. The first-order chi connectivity index (χ1) is 13.7. The molecule has 0 aliphatic heterocycles. The molecule has 6 nitrogen and oxygen atoms in total. The molecule has 2 N–H and O–H groups in total. The molecule has 0 radical (unpaired) electrons. The first kappa shape index (κ1) is 19.3. The third kappa shape index (κ3) is 5.28. The minimum absolute atomic E-state index is 0.261. The quantitative estimate of drug-likeness (QED) is 0.576.